The van der Waals surface area contributed by atoms with Crippen molar-refractivity contribution in [2.45, 2.75) is 45.3 Å². The minimum Gasteiger partial charge on any atom is -0.377 e. The van der Waals surface area contributed by atoms with E-state index in [1.165, 1.54) is 0 Å². The van der Waals surface area contributed by atoms with Gasteiger partial charge in [0.1, 0.15) is 5.54 Å². The van der Waals surface area contributed by atoms with E-state index in [1.807, 2.05) is 20.8 Å². The fraction of sp³-hybridized carbons (Fsp3) is 0.800. The van der Waals surface area contributed by atoms with E-state index >= 15 is 0 Å². The molecule has 2 fully saturated rings. The van der Waals surface area contributed by atoms with Crippen molar-refractivity contribution in [3.63, 3.8) is 0 Å². The van der Waals surface area contributed by atoms with Gasteiger partial charge in [-0.15, -0.1) is 0 Å². The van der Waals surface area contributed by atoms with Crippen LogP contribution in [0.15, 0.2) is 12.2 Å². The molecule has 0 aromatic rings. The van der Waals surface area contributed by atoms with Crippen LogP contribution in [0.3, 0.4) is 0 Å². The van der Waals surface area contributed by atoms with Crippen molar-refractivity contribution in [2.75, 3.05) is 20.2 Å². The second-order valence-electron chi connectivity index (χ2n) is 6.75. The first-order valence-corrected chi connectivity index (χ1v) is 7.03. The lowest BCUT2D eigenvalue weighted by molar-refractivity contribution is -0.229. The topological polar surface area (TPSA) is 55.6 Å². The van der Waals surface area contributed by atoms with E-state index in [4.69, 9.17) is 10.5 Å². The van der Waals surface area contributed by atoms with Gasteiger partial charge < -0.3 is 15.4 Å². The van der Waals surface area contributed by atoms with Crippen LogP contribution in [0.4, 0.5) is 0 Å². The number of carbonyl (C=O) groups is 1. The number of fused-ring (bicyclic) bond motifs is 1. The van der Waals surface area contributed by atoms with E-state index in [0.29, 0.717) is 6.54 Å². The summed E-state index contributed by atoms with van der Waals surface area (Å²) in [7, 11) is 1.80. The molecule has 108 valence electrons. The number of carbonyl (C=O) groups excluding carboxylic acids is 1. The number of ether oxygens (including phenoxy) is 1. The van der Waals surface area contributed by atoms with Crippen LogP contribution in [0.2, 0.25) is 0 Å². The zero-order chi connectivity index (χ0) is 14.4. The van der Waals surface area contributed by atoms with Gasteiger partial charge in [-0.1, -0.05) is 26.0 Å². The summed E-state index contributed by atoms with van der Waals surface area (Å²) >= 11 is 0. The lowest BCUT2D eigenvalue weighted by atomic mass is 9.46. The van der Waals surface area contributed by atoms with Gasteiger partial charge in [-0.25, -0.2) is 0 Å². The lowest BCUT2D eigenvalue weighted by Crippen LogP contribution is -2.82. The van der Waals surface area contributed by atoms with Gasteiger partial charge in [0.15, 0.2) is 0 Å². The number of likely N-dealkylation sites (N-methyl/N-ethyl adjacent to an activating group) is 1. The molecule has 3 unspecified atom stereocenters. The molecule has 2 rings (SSSR count). The first-order valence-electron chi connectivity index (χ1n) is 7.03. The molecule has 1 heterocycles. The van der Waals surface area contributed by atoms with Gasteiger partial charge in [0.2, 0.25) is 5.91 Å². The lowest BCUT2D eigenvalue weighted by Gasteiger charge is -2.65. The Morgan fingerprint density at radius 3 is 2.74 bits per heavy atom. The Morgan fingerprint density at radius 2 is 2.16 bits per heavy atom. The Kier molecular flexibility index (Phi) is 3.52. The number of nitrogens with zero attached hydrogens (tertiary/aromatic N) is 1. The molecule has 4 nitrogen and oxygen atoms in total. The van der Waals surface area contributed by atoms with Crippen molar-refractivity contribution in [3.05, 3.63) is 12.2 Å². The van der Waals surface area contributed by atoms with Gasteiger partial charge in [-0.05, 0) is 19.8 Å². The molecule has 1 saturated heterocycles. The highest BCUT2D eigenvalue weighted by Crippen LogP contribution is 2.57. The van der Waals surface area contributed by atoms with Crippen LogP contribution in [-0.2, 0) is 9.53 Å². The van der Waals surface area contributed by atoms with Gasteiger partial charge in [0.05, 0.1) is 6.10 Å². The molecule has 0 aromatic carbocycles. The number of hydrogen-bond acceptors (Lipinski definition) is 3. The van der Waals surface area contributed by atoms with Crippen LogP contribution in [0.25, 0.3) is 0 Å². The van der Waals surface area contributed by atoms with Crippen LogP contribution in [-0.4, -0.2) is 42.6 Å². The van der Waals surface area contributed by atoms with Crippen LogP contribution in [0, 0.1) is 11.3 Å². The van der Waals surface area contributed by atoms with Crippen LogP contribution < -0.4 is 5.73 Å². The maximum atomic E-state index is 12.8. The van der Waals surface area contributed by atoms with Gasteiger partial charge in [-0.2, -0.15) is 0 Å². The largest absolute Gasteiger partial charge is 0.377 e. The van der Waals surface area contributed by atoms with Crippen molar-refractivity contribution in [2.24, 2.45) is 17.1 Å². The second-order valence-corrected chi connectivity index (χ2v) is 6.75. The molecule has 3 atom stereocenters. The summed E-state index contributed by atoms with van der Waals surface area (Å²) in [6.45, 7) is 11.2. The van der Waals surface area contributed by atoms with Crippen molar-refractivity contribution < 1.29 is 9.53 Å². The summed E-state index contributed by atoms with van der Waals surface area (Å²) in [5.74, 6) is 0.170. The van der Waals surface area contributed by atoms with E-state index in [9.17, 15) is 4.79 Å². The first-order chi connectivity index (χ1) is 8.73. The molecule has 19 heavy (non-hydrogen) atoms. The zero-order valence-corrected chi connectivity index (χ0v) is 12.5. The zero-order valence-electron chi connectivity index (χ0n) is 12.5. The highest BCUT2D eigenvalue weighted by Gasteiger charge is 2.70. The van der Waals surface area contributed by atoms with E-state index in [1.54, 1.807) is 11.9 Å². The summed E-state index contributed by atoms with van der Waals surface area (Å²) in [6, 6.07) is 0. The Balaban J connectivity index is 2.21. The van der Waals surface area contributed by atoms with Gasteiger partial charge in [-0.3, -0.25) is 4.79 Å². The van der Waals surface area contributed by atoms with E-state index in [0.717, 1.165) is 25.0 Å². The van der Waals surface area contributed by atoms with Gasteiger partial charge in [0.25, 0.3) is 0 Å². The van der Waals surface area contributed by atoms with Crippen LogP contribution in [0.1, 0.15) is 33.6 Å². The minimum absolute atomic E-state index is 0.0206. The maximum absolute atomic E-state index is 12.8. The van der Waals surface area contributed by atoms with E-state index in [-0.39, 0.29) is 23.3 Å². The highest BCUT2D eigenvalue weighted by molar-refractivity contribution is 5.89. The Morgan fingerprint density at radius 1 is 1.53 bits per heavy atom. The molecule has 1 saturated carbocycles. The van der Waals surface area contributed by atoms with Crippen molar-refractivity contribution in [1.29, 1.82) is 0 Å². The number of rotatable bonds is 3. The molecule has 1 amide bonds. The van der Waals surface area contributed by atoms with Gasteiger partial charge >= 0.3 is 0 Å². The fourth-order valence-corrected chi connectivity index (χ4v) is 3.80. The molecule has 0 bridgehead atoms. The summed E-state index contributed by atoms with van der Waals surface area (Å²) in [4.78, 5) is 14.5. The minimum atomic E-state index is -0.803. The molecule has 0 radical (unpaired) electrons. The summed E-state index contributed by atoms with van der Waals surface area (Å²) < 4.78 is 5.83. The number of nitrogens with two attached hydrogens (primary N) is 1. The SMILES string of the molecule is C=C(C)CN(C)C(=O)C1(N)C2CCCOC2C1(C)C. The summed E-state index contributed by atoms with van der Waals surface area (Å²) in [5.41, 5.74) is 6.41. The maximum Gasteiger partial charge on any atom is 0.243 e. The Hall–Kier alpha value is -0.870. The van der Waals surface area contributed by atoms with Crippen molar-refractivity contribution in [1.82, 2.24) is 4.90 Å². The molecular weight excluding hydrogens is 240 g/mol. The standard InChI is InChI=1S/C15H26N2O2/c1-10(2)9-17(5)13(18)15(16)11-7-6-8-19-12(11)14(15,3)4/h11-12H,1,6-9,16H2,2-5H3. The predicted octanol–water partition coefficient (Wildman–Crippen LogP) is 1.55. The monoisotopic (exact) mass is 266 g/mol. The van der Waals surface area contributed by atoms with Gasteiger partial charge in [0, 0.05) is 31.5 Å². The van der Waals surface area contributed by atoms with Crippen molar-refractivity contribution >= 4 is 5.91 Å². The molecule has 2 aliphatic rings. The summed E-state index contributed by atoms with van der Waals surface area (Å²) in [6.07, 6.45) is 2.10. The average molecular weight is 266 g/mol. The highest BCUT2D eigenvalue weighted by atomic mass is 16.5. The second kappa shape index (κ2) is 4.60. The smallest absolute Gasteiger partial charge is 0.243 e. The molecule has 1 aliphatic carbocycles. The summed E-state index contributed by atoms with van der Waals surface area (Å²) in [5, 5.41) is 0. The van der Waals surface area contributed by atoms with E-state index < -0.39 is 5.54 Å². The van der Waals surface area contributed by atoms with E-state index in [2.05, 4.69) is 6.58 Å². The third kappa shape index (κ3) is 1.93. The number of hydrogen-bond donors (Lipinski definition) is 1. The number of amides is 1. The Labute approximate surface area is 116 Å². The third-order valence-corrected chi connectivity index (χ3v) is 4.89. The molecule has 0 aromatic heterocycles. The molecule has 2 N–H and O–H groups in total. The third-order valence-electron chi connectivity index (χ3n) is 4.89. The fourth-order valence-electron chi connectivity index (χ4n) is 3.80. The first kappa shape index (κ1) is 14.5. The quantitative estimate of drug-likeness (QED) is 0.789. The molecule has 4 heteroatoms. The Bertz CT molecular complexity index is 405. The average Bonchev–Trinajstić information content (AvgIpc) is 2.36. The normalized spacial score (nSPS) is 36.1. The molecule has 1 aliphatic heterocycles. The van der Waals surface area contributed by atoms with Crippen LogP contribution in [0.5, 0.6) is 0 Å². The van der Waals surface area contributed by atoms with Crippen molar-refractivity contribution in [3.8, 4) is 0 Å². The van der Waals surface area contributed by atoms with Crippen LogP contribution >= 0.6 is 0 Å². The molecule has 0 spiro atoms. The predicted molar refractivity (Wildman–Crippen MR) is 75.6 cm³/mol. The molecular formula is C15H26N2O2.